The van der Waals surface area contributed by atoms with Crippen molar-refractivity contribution in [2.45, 2.75) is 6.54 Å². The van der Waals surface area contributed by atoms with E-state index in [0.29, 0.717) is 12.4 Å². The van der Waals surface area contributed by atoms with Gasteiger partial charge >= 0.3 is 0 Å². The molecule has 82 valence electrons. The average Bonchev–Trinajstić information content (AvgIpc) is 2.80. The first kappa shape index (κ1) is 10.5. The first-order valence-corrected chi connectivity index (χ1v) is 5.38. The van der Waals surface area contributed by atoms with Crippen LogP contribution in [0.5, 0.6) is 0 Å². The number of amides is 1. The normalized spacial score (nSPS) is 10.0. The Bertz CT molecular complexity index is 467. The first-order chi connectivity index (χ1) is 7.75. The summed E-state index contributed by atoms with van der Waals surface area (Å²) in [7, 11) is 0. The van der Waals surface area contributed by atoms with Gasteiger partial charge in [-0.05, 0) is 12.1 Å². The summed E-state index contributed by atoms with van der Waals surface area (Å²) in [6.07, 6.45) is 1.78. The summed E-state index contributed by atoms with van der Waals surface area (Å²) >= 11 is 1.55. The second-order valence-corrected chi connectivity index (χ2v) is 3.96. The average molecular weight is 235 g/mol. The van der Waals surface area contributed by atoms with Crippen molar-refractivity contribution >= 4 is 23.1 Å². The highest BCUT2D eigenvalue weighted by Gasteiger charge is 2.02. The minimum Gasteiger partial charge on any atom is -0.364 e. The second-order valence-electron chi connectivity index (χ2n) is 2.99. The molecule has 16 heavy (non-hydrogen) atoms. The monoisotopic (exact) mass is 235 g/mol. The van der Waals surface area contributed by atoms with Gasteiger partial charge in [0.1, 0.15) is 5.82 Å². The van der Waals surface area contributed by atoms with Gasteiger partial charge in [0.2, 0.25) is 0 Å². The lowest BCUT2D eigenvalue weighted by Gasteiger charge is -2.02. The number of thiazole rings is 1. The first-order valence-electron chi connectivity index (χ1n) is 4.50. The molecule has 0 fully saturated rings. The van der Waals surface area contributed by atoms with Crippen molar-refractivity contribution < 1.29 is 4.79 Å². The third-order valence-corrected chi connectivity index (χ3v) is 2.62. The molecule has 0 aliphatic carbocycles. The van der Waals surface area contributed by atoms with Gasteiger partial charge in [-0.15, -0.1) is 21.5 Å². The maximum Gasteiger partial charge on any atom is 0.269 e. The van der Waals surface area contributed by atoms with Gasteiger partial charge in [0.25, 0.3) is 5.91 Å². The molecule has 0 aliphatic heterocycles. The van der Waals surface area contributed by atoms with E-state index in [0.717, 1.165) is 4.88 Å². The molecule has 7 heteroatoms. The Kier molecular flexibility index (Phi) is 3.06. The maximum absolute atomic E-state index is 10.7. The highest BCUT2D eigenvalue weighted by atomic mass is 32.1. The van der Waals surface area contributed by atoms with Crippen LogP contribution in [0.25, 0.3) is 0 Å². The molecule has 0 aromatic carbocycles. The molecule has 2 heterocycles. The van der Waals surface area contributed by atoms with Gasteiger partial charge in [-0.2, -0.15) is 0 Å². The zero-order chi connectivity index (χ0) is 11.4. The lowest BCUT2D eigenvalue weighted by Crippen LogP contribution is -2.14. The van der Waals surface area contributed by atoms with E-state index in [2.05, 4.69) is 20.5 Å². The third kappa shape index (κ3) is 2.51. The van der Waals surface area contributed by atoms with Gasteiger partial charge in [0, 0.05) is 11.1 Å². The smallest absolute Gasteiger partial charge is 0.269 e. The van der Waals surface area contributed by atoms with Crippen LogP contribution in [0.4, 0.5) is 5.82 Å². The molecule has 2 aromatic heterocycles. The quantitative estimate of drug-likeness (QED) is 0.811. The molecule has 2 aromatic rings. The van der Waals surface area contributed by atoms with Crippen molar-refractivity contribution in [1.29, 1.82) is 0 Å². The molecule has 0 aliphatic rings. The van der Waals surface area contributed by atoms with Crippen molar-refractivity contribution in [1.82, 2.24) is 15.2 Å². The number of aromatic nitrogens is 3. The molecule has 0 atom stereocenters. The number of carbonyl (C=O) groups excluding carboxylic acids is 1. The number of anilines is 1. The molecule has 0 radical (unpaired) electrons. The standard InChI is InChI=1S/C9H9N5OS/c10-9(15)7-1-2-8(14-13-7)12-4-6-3-11-5-16-6/h1-3,5H,4H2,(H2,10,15)(H,12,14). The number of nitrogens with zero attached hydrogens (tertiary/aromatic N) is 3. The summed E-state index contributed by atoms with van der Waals surface area (Å²) in [5, 5.41) is 10.6. The molecule has 0 saturated carbocycles. The van der Waals surface area contributed by atoms with Gasteiger partial charge in [-0.1, -0.05) is 0 Å². The molecule has 2 rings (SSSR count). The summed E-state index contributed by atoms with van der Waals surface area (Å²) < 4.78 is 0. The van der Waals surface area contributed by atoms with Crippen LogP contribution in [-0.2, 0) is 6.54 Å². The zero-order valence-electron chi connectivity index (χ0n) is 8.25. The lowest BCUT2D eigenvalue weighted by atomic mass is 10.3. The summed E-state index contributed by atoms with van der Waals surface area (Å²) in [5.74, 6) is 0.0138. The summed E-state index contributed by atoms with van der Waals surface area (Å²) in [6, 6.07) is 3.19. The van der Waals surface area contributed by atoms with Crippen LogP contribution < -0.4 is 11.1 Å². The van der Waals surface area contributed by atoms with Gasteiger partial charge in [0.15, 0.2) is 5.69 Å². The van der Waals surface area contributed by atoms with Crippen LogP contribution in [0.1, 0.15) is 15.4 Å². The number of hydrogen-bond donors (Lipinski definition) is 2. The molecular formula is C9H9N5OS. The van der Waals surface area contributed by atoms with E-state index in [-0.39, 0.29) is 5.69 Å². The number of nitrogens with one attached hydrogen (secondary N) is 1. The van der Waals surface area contributed by atoms with E-state index >= 15 is 0 Å². The SMILES string of the molecule is NC(=O)c1ccc(NCc2cncs2)nn1. The summed E-state index contributed by atoms with van der Waals surface area (Å²) in [5.41, 5.74) is 6.97. The fourth-order valence-corrected chi connectivity index (χ4v) is 1.60. The molecule has 1 amide bonds. The van der Waals surface area contributed by atoms with E-state index in [1.165, 1.54) is 6.07 Å². The number of rotatable bonds is 4. The Morgan fingerprint density at radius 3 is 2.88 bits per heavy atom. The Morgan fingerprint density at radius 1 is 1.44 bits per heavy atom. The number of nitrogens with two attached hydrogens (primary N) is 1. The van der Waals surface area contributed by atoms with Crippen LogP contribution in [0.3, 0.4) is 0 Å². The van der Waals surface area contributed by atoms with Crippen LogP contribution in [0.2, 0.25) is 0 Å². The van der Waals surface area contributed by atoms with Crippen molar-refractivity contribution in [3.63, 3.8) is 0 Å². The van der Waals surface area contributed by atoms with Crippen LogP contribution in [0.15, 0.2) is 23.8 Å². The van der Waals surface area contributed by atoms with Gasteiger partial charge in [0.05, 0.1) is 12.1 Å². The minimum absolute atomic E-state index is 0.156. The Hall–Kier alpha value is -2.02. The second kappa shape index (κ2) is 4.67. The Morgan fingerprint density at radius 2 is 2.31 bits per heavy atom. The van der Waals surface area contributed by atoms with Gasteiger partial charge in [-0.25, -0.2) is 0 Å². The van der Waals surface area contributed by atoms with Gasteiger partial charge in [-0.3, -0.25) is 9.78 Å². The van der Waals surface area contributed by atoms with Crippen molar-refractivity contribution in [2.75, 3.05) is 5.32 Å². The van der Waals surface area contributed by atoms with E-state index in [4.69, 9.17) is 5.73 Å². The Balaban J connectivity index is 1.98. The molecule has 0 saturated heterocycles. The summed E-state index contributed by atoms with van der Waals surface area (Å²) in [6.45, 7) is 0.634. The van der Waals surface area contributed by atoms with Crippen LogP contribution in [0, 0.1) is 0 Å². The molecule has 0 spiro atoms. The topological polar surface area (TPSA) is 93.8 Å². The zero-order valence-corrected chi connectivity index (χ0v) is 9.07. The van der Waals surface area contributed by atoms with E-state index in [9.17, 15) is 4.79 Å². The van der Waals surface area contributed by atoms with Crippen molar-refractivity contribution in [3.05, 3.63) is 34.4 Å². The predicted molar refractivity (Wildman–Crippen MR) is 60.0 cm³/mol. The molecule has 0 unspecified atom stereocenters. The number of carbonyl (C=O) groups is 1. The van der Waals surface area contributed by atoms with E-state index in [1.54, 1.807) is 29.1 Å². The predicted octanol–water partition coefficient (Wildman–Crippen LogP) is 0.644. The fraction of sp³-hybridized carbons (Fsp3) is 0.111. The molecular weight excluding hydrogens is 226 g/mol. The van der Waals surface area contributed by atoms with Crippen molar-refractivity contribution in [3.8, 4) is 0 Å². The highest BCUT2D eigenvalue weighted by Crippen LogP contribution is 2.08. The largest absolute Gasteiger partial charge is 0.364 e. The van der Waals surface area contributed by atoms with Crippen LogP contribution in [-0.4, -0.2) is 21.1 Å². The van der Waals surface area contributed by atoms with Crippen LogP contribution >= 0.6 is 11.3 Å². The number of primary amides is 1. The fourth-order valence-electron chi connectivity index (χ4n) is 1.07. The molecule has 0 bridgehead atoms. The summed E-state index contributed by atoms with van der Waals surface area (Å²) in [4.78, 5) is 15.8. The molecule has 3 N–H and O–H groups in total. The molecule has 6 nitrogen and oxygen atoms in total. The Labute approximate surface area is 95.5 Å². The van der Waals surface area contributed by atoms with Gasteiger partial charge < -0.3 is 11.1 Å². The van der Waals surface area contributed by atoms with Crippen molar-refractivity contribution in [2.24, 2.45) is 5.73 Å². The number of hydrogen-bond acceptors (Lipinski definition) is 6. The highest BCUT2D eigenvalue weighted by molar-refractivity contribution is 7.09. The van der Waals surface area contributed by atoms with E-state index in [1.807, 2.05) is 0 Å². The minimum atomic E-state index is -0.582. The maximum atomic E-state index is 10.7. The lowest BCUT2D eigenvalue weighted by molar-refractivity contribution is 0.0994. The van der Waals surface area contributed by atoms with E-state index < -0.39 is 5.91 Å². The third-order valence-electron chi connectivity index (χ3n) is 1.84.